The Kier molecular flexibility index (Phi) is 5.04. The Morgan fingerprint density at radius 3 is 2.43 bits per heavy atom. The molecule has 1 aliphatic rings. The fourth-order valence-corrected chi connectivity index (χ4v) is 3.83. The second-order valence-electron chi connectivity index (χ2n) is 7.52. The molecule has 0 saturated carbocycles. The summed E-state index contributed by atoms with van der Waals surface area (Å²) in [5.74, 6) is -1.20. The van der Waals surface area contributed by atoms with Crippen LogP contribution in [0.2, 0.25) is 0 Å². The molecule has 1 aromatic heterocycles. The number of hydrogen-bond donors (Lipinski definition) is 1. The van der Waals surface area contributed by atoms with Gasteiger partial charge in [-0.2, -0.15) is 0 Å². The maximum Gasteiger partial charge on any atom is 0.300 e. The first kappa shape index (κ1) is 19.7. The molecular formula is C25H23NO4. The van der Waals surface area contributed by atoms with Gasteiger partial charge in [-0.1, -0.05) is 43.3 Å². The molecule has 1 fully saturated rings. The number of anilines is 1. The first-order valence-corrected chi connectivity index (χ1v) is 9.93. The van der Waals surface area contributed by atoms with E-state index in [0.717, 1.165) is 23.1 Å². The molecule has 2 aromatic carbocycles. The third kappa shape index (κ3) is 3.22. The monoisotopic (exact) mass is 401 g/mol. The second-order valence-corrected chi connectivity index (χ2v) is 7.52. The van der Waals surface area contributed by atoms with Crippen LogP contribution in [0.1, 0.15) is 41.0 Å². The van der Waals surface area contributed by atoms with E-state index in [1.165, 1.54) is 11.2 Å². The third-order valence-corrected chi connectivity index (χ3v) is 5.52. The fraction of sp³-hybridized carbons (Fsp3) is 0.200. The highest BCUT2D eigenvalue weighted by atomic mass is 16.3. The van der Waals surface area contributed by atoms with Crippen LogP contribution in [0.4, 0.5) is 5.69 Å². The van der Waals surface area contributed by atoms with Crippen molar-refractivity contribution in [2.75, 3.05) is 4.90 Å². The van der Waals surface area contributed by atoms with Gasteiger partial charge < -0.3 is 9.52 Å². The predicted octanol–water partition coefficient (Wildman–Crippen LogP) is 5.09. The van der Waals surface area contributed by atoms with E-state index < -0.39 is 17.7 Å². The summed E-state index contributed by atoms with van der Waals surface area (Å²) < 4.78 is 5.60. The number of aliphatic hydroxyl groups excluding tert-OH is 1. The smallest absolute Gasteiger partial charge is 0.300 e. The molecule has 1 unspecified atom stereocenters. The van der Waals surface area contributed by atoms with Crippen molar-refractivity contribution >= 4 is 23.1 Å². The summed E-state index contributed by atoms with van der Waals surface area (Å²) in [4.78, 5) is 27.6. The van der Waals surface area contributed by atoms with Gasteiger partial charge in [0, 0.05) is 11.3 Å². The van der Waals surface area contributed by atoms with Crippen molar-refractivity contribution in [3.63, 3.8) is 0 Å². The number of Topliss-reactive ketones (excluding diaryl/α,β-unsaturated/α-hetero) is 1. The topological polar surface area (TPSA) is 70.8 Å². The SMILES string of the molecule is CCc1ccc(/C(O)=C2/C(=O)C(=O)N(c3cc(C)ccc3C)C2c2ccco2)cc1. The molecule has 152 valence electrons. The van der Waals surface area contributed by atoms with Gasteiger partial charge in [0.15, 0.2) is 0 Å². The number of nitrogens with zero attached hydrogens (tertiary/aromatic N) is 1. The number of benzene rings is 2. The van der Waals surface area contributed by atoms with E-state index in [1.54, 1.807) is 24.3 Å². The Morgan fingerprint density at radius 1 is 1.07 bits per heavy atom. The van der Waals surface area contributed by atoms with E-state index >= 15 is 0 Å². The maximum atomic E-state index is 13.1. The largest absolute Gasteiger partial charge is 0.507 e. The van der Waals surface area contributed by atoms with E-state index in [1.807, 2.05) is 51.1 Å². The number of carbonyl (C=O) groups is 2. The van der Waals surface area contributed by atoms with Gasteiger partial charge >= 0.3 is 0 Å². The van der Waals surface area contributed by atoms with Gasteiger partial charge in [0.25, 0.3) is 11.7 Å². The average Bonchev–Trinajstić information content (AvgIpc) is 3.37. The molecule has 1 aliphatic heterocycles. The van der Waals surface area contributed by atoms with Crippen molar-refractivity contribution in [2.45, 2.75) is 33.2 Å². The first-order valence-electron chi connectivity index (χ1n) is 9.93. The molecule has 4 rings (SSSR count). The summed E-state index contributed by atoms with van der Waals surface area (Å²) >= 11 is 0. The standard InChI is InChI=1S/C25H23NO4/c1-4-17-9-11-18(12-10-17)23(27)21-22(20-6-5-13-30-20)26(25(29)24(21)28)19-14-15(2)7-8-16(19)3/h5-14,22,27H,4H2,1-3H3/b23-21-. The number of hydrogen-bond acceptors (Lipinski definition) is 4. The molecule has 2 heterocycles. The Labute approximate surface area is 175 Å². The Hall–Kier alpha value is -3.60. The Balaban J connectivity index is 1.92. The van der Waals surface area contributed by atoms with Crippen molar-refractivity contribution in [2.24, 2.45) is 0 Å². The Morgan fingerprint density at radius 2 is 1.80 bits per heavy atom. The minimum absolute atomic E-state index is 0.0279. The lowest BCUT2D eigenvalue weighted by atomic mass is 9.98. The van der Waals surface area contributed by atoms with Gasteiger partial charge in [-0.25, -0.2) is 0 Å². The predicted molar refractivity (Wildman–Crippen MR) is 115 cm³/mol. The fourth-order valence-electron chi connectivity index (χ4n) is 3.83. The van der Waals surface area contributed by atoms with Crippen LogP contribution in [-0.4, -0.2) is 16.8 Å². The van der Waals surface area contributed by atoms with Crippen LogP contribution in [0.3, 0.4) is 0 Å². The molecule has 0 aliphatic carbocycles. The van der Waals surface area contributed by atoms with E-state index in [9.17, 15) is 14.7 Å². The van der Waals surface area contributed by atoms with Crippen LogP contribution in [0.5, 0.6) is 0 Å². The summed E-state index contributed by atoms with van der Waals surface area (Å²) in [5, 5.41) is 11.1. The summed E-state index contributed by atoms with van der Waals surface area (Å²) in [7, 11) is 0. The van der Waals surface area contributed by atoms with Crippen LogP contribution in [-0.2, 0) is 16.0 Å². The lowest BCUT2D eigenvalue weighted by molar-refractivity contribution is -0.132. The van der Waals surface area contributed by atoms with Gasteiger partial charge in [0.2, 0.25) is 0 Å². The highest BCUT2D eigenvalue weighted by molar-refractivity contribution is 6.51. The van der Waals surface area contributed by atoms with Gasteiger partial charge in [0.1, 0.15) is 17.6 Å². The van der Waals surface area contributed by atoms with Crippen molar-refractivity contribution < 1.29 is 19.1 Å². The van der Waals surface area contributed by atoms with Gasteiger partial charge in [0.05, 0.1) is 11.8 Å². The molecule has 0 spiro atoms. The Bertz CT molecular complexity index is 1140. The normalized spacial score (nSPS) is 18.2. The van der Waals surface area contributed by atoms with Gasteiger partial charge in [-0.15, -0.1) is 0 Å². The highest BCUT2D eigenvalue weighted by Crippen LogP contribution is 2.43. The number of carbonyl (C=O) groups excluding carboxylic acids is 2. The minimum Gasteiger partial charge on any atom is -0.507 e. The summed E-state index contributed by atoms with van der Waals surface area (Å²) in [6, 6.07) is 15.6. The zero-order valence-corrected chi connectivity index (χ0v) is 17.2. The minimum atomic E-state index is -0.841. The molecule has 1 N–H and O–H groups in total. The molecule has 1 saturated heterocycles. The molecule has 1 atom stereocenters. The molecule has 1 amide bonds. The molecule has 0 bridgehead atoms. The molecular weight excluding hydrogens is 378 g/mol. The van der Waals surface area contributed by atoms with E-state index in [0.29, 0.717) is 17.0 Å². The number of aryl methyl sites for hydroxylation is 3. The van der Waals surface area contributed by atoms with Crippen LogP contribution < -0.4 is 4.90 Å². The number of amides is 1. The van der Waals surface area contributed by atoms with Crippen molar-refractivity contribution in [1.29, 1.82) is 0 Å². The zero-order valence-electron chi connectivity index (χ0n) is 17.2. The molecule has 5 nitrogen and oxygen atoms in total. The van der Waals surface area contributed by atoms with Gasteiger partial charge in [-0.3, -0.25) is 14.5 Å². The number of aliphatic hydroxyl groups is 1. The lowest BCUT2D eigenvalue weighted by Gasteiger charge is -2.25. The first-order chi connectivity index (χ1) is 14.4. The molecule has 30 heavy (non-hydrogen) atoms. The number of furan rings is 1. The van der Waals surface area contributed by atoms with Crippen molar-refractivity contribution in [3.8, 4) is 0 Å². The van der Waals surface area contributed by atoms with E-state index in [-0.39, 0.29) is 11.3 Å². The molecule has 3 aromatic rings. The van der Waals surface area contributed by atoms with Crippen LogP contribution in [0.15, 0.2) is 70.9 Å². The number of rotatable bonds is 4. The summed E-state index contributed by atoms with van der Waals surface area (Å²) in [6.07, 6.45) is 2.36. The van der Waals surface area contributed by atoms with E-state index in [2.05, 4.69) is 0 Å². The third-order valence-electron chi connectivity index (χ3n) is 5.52. The highest BCUT2D eigenvalue weighted by Gasteiger charge is 2.48. The average molecular weight is 401 g/mol. The van der Waals surface area contributed by atoms with Gasteiger partial charge in [-0.05, 0) is 55.2 Å². The summed E-state index contributed by atoms with van der Waals surface area (Å²) in [6.45, 7) is 5.86. The van der Waals surface area contributed by atoms with Crippen LogP contribution >= 0.6 is 0 Å². The van der Waals surface area contributed by atoms with Crippen LogP contribution in [0.25, 0.3) is 5.76 Å². The lowest BCUT2D eigenvalue weighted by Crippen LogP contribution is -2.30. The van der Waals surface area contributed by atoms with E-state index in [4.69, 9.17) is 4.42 Å². The quantitative estimate of drug-likeness (QED) is 0.376. The maximum absolute atomic E-state index is 13.1. The molecule has 0 radical (unpaired) electrons. The van der Waals surface area contributed by atoms with Crippen LogP contribution in [0, 0.1) is 13.8 Å². The van der Waals surface area contributed by atoms with Crippen molar-refractivity contribution in [1.82, 2.24) is 0 Å². The molecule has 5 heteroatoms. The second kappa shape index (κ2) is 7.67. The summed E-state index contributed by atoms with van der Waals surface area (Å²) in [5.41, 5.74) is 4.07. The zero-order chi connectivity index (χ0) is 21.4. The van der Waals surface area contributed by atoms with Crippen molar-refractivity contribution in [3.05, 3.63) is 94.4 Å². The number of ketones is 1.